The number of piperazine rings is 1. The number of anilines is 2. The molecule has 1 aliphatic carbocycles. The summed E-state index contributed by atoms with van der Waals surface area (Å²) < 4.78 is 7.36. The van der Waals surface area contributed by atoms with Crippen LogP contribution in [0.1, 0.15) is 55.9 Å². The van der Waals surface area contributed by atoms with Crippen molar-refractivity contribution in [2.24, 2.45) is 0 Å². The Kier molecular flexibility index (Phi) is 5.84. The van der Waals surface area contributed by atoms with E-state index < -0.39 is 5.97 Å². The number of likely N-dealkylation sites (N-methyl/N-ethyl adjacent to an activating group) is 1. The van der Waals surface area contributed by atoms with E-state index in [0.717, 1.165) is 69.9 Å². The quantitative estimate of drug-likeness (QED) is 0.646. The third-order valence-electron chi connectivity index (χ3n) is 7.17. The molecule has 0 bridgehead atoms. The van der Waals surface area contributed by atoms with Gasteiger partial charge in [-0.15, -0.1) is 0 Å². The molecule has 1 aromatic heterocycles. The third-order valence-corrected chi connectivity index (χ3v) is 7.17. The van der Waals surface area contributed by atoms with Crippen molar-refractivity contribution in [3.63, 3.8) is 0 Å². The first-order valence-corrected chi connectivity index (χ1v) is 12.2. The van der Waals surface area contributed by atoms with Crippen LogP contribution in [-0.2, 0) is 4.74 Å². The second-order valence-corrected chi connectivity index (χ2v) is 9.20. The van der Waals surface area contributed by atoms with Crippen LogP contribution in [0, 0.1) is 0 Å². The molecule has 172 valence electrons. The van der Waals surface area contributed by atoms with Crippen LogP contribution in [0.2, 0.25) is 0 Å². The molecule has 1 saturated carbocycles. The molecule has 5 rings (SSSR count). The maximum absolute atomic E-state index is 13.4. The van der Waals surface area contributed by atoms with Crippen molar-refractivity contribution in [3.8, 4) is 0 Å². The van der Waals surface area contributed by atoms with Crippen molar-refractivity contribution >= 4 is 28.2 Å². The molecular weight excluding hydrogens is 404 g/mol. The highest BCUT2D eigenvalue weighted by Gasteiger charge is 2.30. The molecule has 0 radical (unpaired) electrons. The molecule has 7 heteroatoms. The summed E-state index contributed by atoms with van der Waals surface area (Å²) in [4.78, 5) is 33.4. The van der Waals surface area contributed by atoms with Gasteiger partial charge in [-0.2, -0.15) is 0 Å². The van der Waals surface area contributed by atoms with E-state index in [1.54, 1.807) is 13.1 Å². The van der Waals surface area contributed by atoms with Crippen LogP contribution in [0.3, 0.4) is 0 Å². The zero-order valence-electron chi connectivity index (χ0n) is 19.3. The first-order valence-electron chi connectivity index (χ1n) is 12.2. The molecule has 2 saturated heterocycles. The first-order chi connectivity index (χ1) is 15.6. The molecule has 3 fully saturated rings. The average Bonchev–Trinajstić information content (AvgIpc) is 3.51. The Morgan fingerprint density at radius 2 is 1.62 bits per heavy atom. The molecule has 0 amide bonds. The molecule has 0 spiro atoms. The number of pyridine rings is 1. The van der Waals surface area contributed by atoms with Crippen LogP contribution in [0.25, 0.3) is 10.9 Å². The fourth-order valence-electron chi connectivity index (χ4n) is 5.15. The molecule has 32 heavy (non-hydrogen) atoms. The smallest absolute Gasteiger partial charge is 0.343 e. The Morgan fingerprint density at radius 3 is 2.25 bits per heavy atom. The summed E-state index contributed by atoms with van der Waals surface area (Å²) in [7, 11) is 0. The maximum Gasteiger partial charge on any atom is 0.343 e. The van der Waals surface area contributed by atoms with Crippen molar-refractivity contribution in [3.05, 3.63) is 34.1 Å². The number of carbonyl (C=O) groups excluding carboxylic acids is 1. The molecule has 0 unspecified atom stereocenters. The van der Waals surface area contributed by atoms with Crippen LogP contribution in [0.15, 0.2) is 23.1 Å². The Balaban J connectivity index is 1.67. The molecule has 7 nitrogen and oxygen atoms in total. The average molecular weight is 439 g/mol. The van der Waals surface area contributed by atoms with Crippen LogP contribution >= 0.6 is 0 Å². The number of nitrogens with zero attached hydrogens (tertiary/aromatic N) is 4. The molecule has 2 aromatic rings. The molecule has 0 N–H and O–H groups in total. The number of carbonyl (C=O) groups is 1. The van der Waals surface area contributed by atoms with Gasteiger partial charge in [-0.1, -0.05) is 6.92 Å². The maximum atomic E-state index is 13.4. The predicted molar refractivity (Wildman–Crippen MR) is 128 cm³/mol. The zero-order chi connectivity index (χ0) is 22.2. The molecule has 2 aliphatic heterocycles. The Labute approximate surface area is 189 Å². The number of aromatic nitrogens is 1. The summed E-state index contributed by atoms with van der Waals surface area (Å²) >= 11 is 0. The number of esters is 1. The highest BCUT2D eigenvalue weighted by molar-refractivity contribution is 5.97. The number of hydrogen-bond donors (Lipinski definition) is 0. The van der Waals surface area contributed by atoms with Crippen LogP contribution in [-0.4, -0.2) is 67.9 Å². The van der Waals surface area contributed by atoms with E-state index in [0.29, 0.717) is 11.4 Å². The number of rotatable bonds is 6. The van der Waals surface area contributed by atoms with Gasteiger partial charge in [0.05, 0.1) is 23.5 Å². The van der Waals surface area contributed by atoms with Crippen molar-refractivity contribution in [2.75, 3.05) is 62.2 Å². The molecule has 3 heterocycles. The van der Waals surface area contributed by atoms with Gasteiger partial charge >= 0.3 is 5.97 Å². The summed E-state index contributed by atoms with van der Waals surface area (Å²) in [6.07, 6.45) is 6.26. The van der Waals surface area contributed by atoms with E-state index in [1.807, 2.05) is 0 Å². The van der Waals surface area contributed by atoms with Gasteiger partial charge in [0.25, 0.3) is 0 Å². The summed E-state index contributed by atoms with van der Waals surface area (Å²) in [5.41, 5.74) is 3.26. The number of fused-ring (bicyclic) bond motifs is 1. The largest absolute Gasteiger partial charge is 0.462 e. The fraction of sp³-hybridized carbons (Fsp3) is 0.600. The van der Waals surface area contributed by atoms with Crippen molar-refractivity contribution < 1.29 is 9.53 Å². The number of benzene rings is 1. The topological polar surface area (TPSA) is 58.0 Å². The first kappa shape index (κ1) is 21.3. The van der Waals surface area contributed by atoms with Crippen molar-refractivity contribution in [1.29, 1.82) is 0 Å². The van der Waals surface area contributed by atoms with Crippen LogP contribution < -0.4 is 15.2 Å². The summed E-state index contributed by atoms with van der Waals surface area (Å²) in [6.45, 7) is 11.5. The second-order valence-electron chi connectivity index (χ2n) is 9.20. The van der Waals surface area contributed by atoms with Crippen molar-refractivity contribution in [2.45, 2.75) is 45.6 Å². The lowest BCUT2D eigenvalue weighted by molar-refractivity contribution is 0.0524. The van der Waals surface area contributed by atoms with Crippen LogP contribution in [0.5, 0.6) is 0 Å². The van der Waals surface area contributed by atoms with E-state index in [4.69, 9.17) is 4.74 Å². The van der Waals surface area contributed by atoms with Gasteiger partial charge in [-0.05, 0) is 51.3 Å². The minimum Gasteiger partial charge on any atom is -0.462 e. The Morgan fingerprint density at radius 1 is 0.969 bits per heavy atom. The van der Waals surface area contributed by atoms with Gasteiger partial charge < -0.3 is 24.0 Å². The lowest BCUT2D eigenvalue weighted by Gasteiger charge is -2.38. The van der Waals surface area contributed by atoms with Gasteiger partial charge in [0, 0.05) is 56.9 Å². The molecular formula is C25H34N4O3. The minimum absolute atomic E-state index is 0.155. The zero-order valence-corrected chi connectivity index (χ0v) is 19.3. The number of ether oxygens (including phenoxy) is 1. The van der Waals surface area contributed by atoms with E-state index in [2.05, 4.69) is 38.3 Å². The third kappa shape index (κ3) is 3.87. The summed E-state index contributed by atoms with van der Waals surface area (Å²) in [6, 6.07) is 4.64. The normalized spacial score (nSPS) is 19.7. The minimum atomic E-state index is -0.517. The second kappa shape index (κ2) is 8.77. The predicted octanol–water partition coefficient (Wildman–Crippen LogP) is 3.26. The van der Waals surface area contributed by atoms with Gasteiger partial charge in [0.2, 0.25) is 5.43 Å². The lowest BCUT2D eigenvalue weighted by atomic mass is 10.1. The number of hydrogen-bond acceptors (Lipinski definition) is 6. The van der Waals surface area contributed by atoms with Gasteiger partial charge in [-0.3, -0.25) is 4.79 Å². The molecule has 1 aromatic carbocycles. The van der Waals surface area contributed by atoms with E-state index in [9.17, 15) is 9.59 Å². The Hall–Kier alpha value is -2.54. The summed E-state index contributed by atoms with van der Waals surface area (Å²) in [5, 5.41) is 0.639. The SMILES string of the molecule is CCOC(=O)c1cn(C2CC2)c2cc(N3CCN(CC)CC3)c(N3CCCC3)cc2c1=O. The lowest BCUT2D eigenvalue weighted by Crippen LogP contribution is -2.46. The summed E-state index contributed by atoms with van der Waals surface area (Å²) in [5.74, 6) is -0.517. The van der Waals surface area contributed by atoms with E-state index in [-0.39, 0.29) is 17.6 Å². The van der Waals surface area contributed by atoms with Gasteiger partial charge in [0.1, 0.15) is 5.56 Å². The molecule has 0 atom stereocenters. The van der Waals surface area contributed by atoms with Gasteiger partial charge in [0.15, 0.2) is 0 Å². The van der Waals surface area contributed by atoms with E-state index in [1.165, 1.54) is 18.5 Å². The highest BCUT2D eigenvalue weighted by atomic mass is 16.5. The highest BCUT2D eigenvalue weighted by Crippen LogP contribution is 2.41. The monoisotopic (exact) mass is 438 g/mol. The Bertz CT molecular complexity index is 1060. The molecule has 3 aliphatic rings. The fourth-order valence-corrected chi connectivity index (χ4v) is 5.15. The standard InChI is InChI=1S/C25H34N4O3/c1-3-26-11-13-28(14-12-26)23-16-21-19(15-22(23)27-9-5-6-10-27)24(30)20(25(31)32-4-2)17-29(21)18-7-8-18/h15-18H,3-14H2,1-2H3. The van der Waals surface area contributed by atoms with E-state index >= 15 is 0 Å². The van der Waals surface area contributed by atoms with Crippen molar-refractivity contribution in [1.82, 2.24) is 9.47 Å². The van der Waals surface area contributed by atoms with Gasteiger partial charge in [-0.25, -0.2) is 4.79 Å². The van der Waals surface area contributed by atoms with Crippen LogP contribution in [0.4, 0.5) is 11.4 Å².